The number of carbonyl (C=O) groups excluding carboxylic acids is 1. The Morgan fingerprint density at radius 3 is 2.68 bits per heavy atom. The predicted octanol–water partition coefficient (Wildman–Crippen LogP) is 2.56. The Balaban J connectivity index is 2.21. The van der Waals surface area contributed by atoms with E-state index in [0.29, 0.717) is 16.8 Å². The molecule has 1 amide bonds. The Kier molecular flexibility index (Phi) is 3.74. The molecule has 0 aliphatic heterocycles. The molecule has 1 aromatic heterocycles. The lowest BCUT2D eigenvalue weighted by Gasteiger charge is -2.05. The van der Waals surface area contributed by atoms with E-state index in [2.05, 4.69) is 15.3 Å². The summed E-state index contributed by atoms with van der Waals surface area (Å²) in [4.78, 5) is 19.5. The fourth-order valence-electron chi connectivity index (χ4n) is 1.46. The number of nitrogens with one attached hydrogen (secondary N) is 1. The van der Waals surface area contributed by atoms with Crippen LogP contribution in [0.3, 0.4) is 0 Å². The number of anilines is 1. The second-order valence-corrected chi connectivity index (χ2v) is 4.17. The average Bonchev–Trinajstić information content (AvgIpc) is 2.42. The Bertz CT molecular complexity index is 661. The van der Waals surface area contributed by atoms with Crippen LogP contribution >= 0.6 is 11.6 Å². The van der Waals surface area contributed by atoms with E-state index in [9.17, 15) is 4.79 Å². The minimum atomic E-state index is -0.331. The fourth-order valence-corrected chi connectivity index (χ4v) is 1.56. The summed E-state index contributed by atoms with van der Waals surface area (Å²) < 4.78 is 0. The molecule has 0 atom stereocenters. The lowest BCUT2D eigenvalue weighted by Crippen LogP contribution is -2.12. The largest absolute Gasteiger partial charge is 0.319 e. The summed E-state index contributed by atoms with van der Waals surface area (Å²) in [5.74, 6) is -0.331. The van der Waals surface area contributed by atoms with Gasteiger partial charge < -0.3 is 5.32 Å². The van der Waals surface area contributed by atoms with Crippen LogP contribution in [0.1, 0.15) is 21.5 Å². The molecule has 94 valence electrons. The molecule has 1 aromatic carbocycles. The molecule has 0 saturated carbocycles. The molecule has 0 saturated heterocycles. The van der Waals surface area contributed by atoms with Gasteiger partial charge in [0.05, 0.1) is 29.7 Å². The molecule has 19 heavy (non-hydrogen) atoms. The van der Waals surface area contributed by atoms with Crippen LogP contribution in [0.15, 0.2) is 30.6 Å². The van der Waals surface area contributed by atoms with E-state index in [1.54, 1.807) is 18.2 Å². The second-order valence-electron chi connectivity index (χ2n) is 3.84. The van der Waals surface area contributed by atoms with Crippen molar-refractivity contribution in [1.82, 2.24) is 9.97 Å². The van der Waals surface area contributed by atoms with Crippen molar-refractivity contribution < 1.29 is 4.79 Å². The summed E-state index contributed by atoms with van der Waals surface area (Å²) in [6.07, 6.45) is 2.82. The molecular formula is C13H9ClN4O. The predicted molar refractivity (Wildman–Crippen MR) is 70.9 cm³/mol. The maximum Gasteiger partial charge on any atom is 0.255 e. The standard InChI is InChI=1S/C13H9ClN4O/c1-8-2-3-9(4-10(8)5-15)12(19)18-11-6-16-13(14)17-7-11/h2-4,6-7H,1H3,(H,18,19). The van der Waals surface area contributed by atoms with Crippen molar-refractivity contribution in [2.45, 2.75) is 6.92 Å². The topological polar surface area (TPSA) is 78.7 Å². The number of hydrogen-bond donors (Lipinski definition) is 1. The molecular weight excluding hydrogens is 264 g/mol. The van der Waals surface area contributed by atoms with E-state index in [1.165, 1.54) is 12.4 Å². The zero-order valence-corrected chi connectivity index (χ0v) is 10.8. The molecule has 1 N–H and O–H groups in total. The van der Waals surface area contributed by atoms with Crippen LogP contribution in [0.4, 0.5) is 5.69 Å². The highest BCUT2D eigenvalue weighted by atomic mass is 35.5. The minimum absolute atomic E-state index is 0.111. The van der Waals surface area contributed by atoms with E-state index in [-0.39, 0.29) is 11.2 Å². The quantitative estimate of drug-likeness (QED) is 0.852. The highest BCUT2D eigenvalue weighted by molar-refractivity contribution is 6.28. The first-order valence-electron chi connectivity index (χ1n) is 5.40. The number of benzene rings is 1. The number of aromatic nitrogens is 2. The van der Waals surface area contributed by atoms with E-state index < -0.39 is 0 Å². The number of amides is 1. The van der Waals surface area contributed by atoms with Crippen molar-refractivity contribution in [2.75, 3.05) is 5.32 Å². The van der Waals surface area contributed by atoms with Gasteiger partial charge in [0.2, 0.25) is 5.28 Å². The molecule has 1 heterocycles. The summed E-state index contributed by atoms with van der Waals surface area (Å²) in [6.45, 7) is 1.81. The number of halogens is 1. The van der Waals surface area contributed by atoms with E-state index >= 15 is 0 Å². The number of hydrogen-bond acceptors (Lipinski definition) is 4. The first kappa shape index (κ1) is 13.0. The fraction of sp³-hybridized carbons (Fsp3) is 0.0769. The molecule has 2 aromatic rings. The zero-order chi connectivity index (χ0) is 13.8. The van der Waals surface area contributed by atoms with Crippen molar-refractivity contribution in [1.29, 1.82) is 5.26 Å². The van der Waals surface area contributed by atoms with Gasteiger partial charge in [-0.15, -0.1) is 0 Å². The van der Waals surface area contributed by atoms with Crippen molar-refractivity contribution in [3.63, 3.8) is 0 Å². The van der Waals surface area contributed by atoms with Crippen molar-refractivity contribution in [3.8, 4) is 6.07 Å². The van der Waals surface area contributed by atoms with Gasteiger partial charge in [-0.25, -0.2) is 9.97 Å². The molecule has 6 heteroatoms. The maximum atomic E-state index is 12.0. The van der Waals surface area contributed by atoms with Crippen LogP contribution in [-0.4, -0.2) is 15.9 Å². The third-order valence-electron chi connectivity index (χ3n) is 2.50. The zero-order valence-electron chi connectivity index (χ0n) is 10.0. The second kappa shape index (κ2) is 5.46. The Labute approximate surface area is 114 Å². The van der Waals surface area contributed by atoms with Gasteiger partial charge in [0, 0.05) is 5.56 Å². The molecule has 0 radical (unpaired) electrons. The highest BCUT2D eigenvalue weighted by Gasteiger charge is 2.08. The maximum absolute atomic E-state index is 12.0. The number of aryl methyl sites for hydroxylation is 1. The van der Waals surface area contributed by atoms with Gasteiger partial charge in [0.1, 0.15) is 0 Å². The molecule has 0 bridgehead atoms. The Morgan fingerprint density at radius 2 is 2.05 bits per heavy atom. The summed E-state index contributed by atoms with van der Waals surface area (Å²) in [7, 11) is 0. The van der Waals surface area contributed by atoms with Crippen LogP contribution in [0.25, 0.3) is 0 Å². The SMILES string of the molecule is Cc1ccc(C(=O)Nc2cnc(Cl)nc2)cc1C#N. The van der Waals surface area contributed by atoms with Crippen molar-refractivity contribution in [2.24, 2.45) is 0 Å². The van der Waals surface area contributed by atoms with Gasteiger partial charge >= 0.3 is 0 Å². The van der Waals surface area contributed by atoms with E-state index in [0.717, 1.165) is 5.56 Å². The summed E-state index contributed by atoms with van der Waals surface area (Å²) in [6, 6.07) is 6.97. The van der Waals surface area contributed by atoms with Gasteiger partial charge in [-0.1, -0.05) is 6.07 Å². The Morgan fingerprint density at radius 1 is 1.37 bits per heavy atom. The first-order valence-corrected chi connectivity index (χ1v) is 5.77. The summed E-state index contributed by atoms with van der Waals surface area (Å²) in [5, 5.41) is 11.7. The number of carbonyl (C=O) groups is 1. The van der Waals surface area contributed by atoms with Crippen LogP contribution in [0.2, 0.25) is 5.28 Å². The van der Waals surface area contributed by atoms with E-state index in [4.69, 9.17) is 16.9 Å². The monoisotopic (exact) mass is 272 g/mol. The molecule has 5 nitrogen and oxygen atoms in total. The lowest BCUT2D eigenvalue weighted by molar-refractivity contribution is 0.102. The van der Waals surface area contributed by atoms with Crippen molar-refractivity contribution >= 4 is 23.2 Å². The number of nitriles is 1. The van der Waals surface area contributed by atoms with Crippen LogP contribution in [0, 0.1) is 18.3 Å². The number of nitrogens with zero attached hydrogens (tertiary/aromatic N) is 3. The van der Waals surface area contributed by atoms with Gasteiger partial charge in [-0.2, -0.15) is 5.26 Å². The van der Waals surface area contributed by atoms with Crippen LogP contribution in [-0.2, 0) is 0 Å². The smallest absolute Gasteiger partial charge is 0.255 e. The van der Waals surface area contributed by atoms with Gasteiger partial charge in [0.25, 0.3) is 5.91 Å². The molecule has 0 spiro atoms. The molecule has 0 aliphatic rings. The number of rotatable bonds is 2. The third kappa shape index (κ3) is 3.06. The lowest BCUT2D eigenvalue weighted by atomic mass is 10.1. The van der Waals surface area contributed by atoms with Gasteiger partial charge in [-0.05, 0) is 36.2 Å². The normalized spacial score (nSPS) is 9.74. The van der Waals surface area contributed by atoms with Gasteiger partial charge in [-0.3, -0.25) is 4.79 Å². The van der Waals surface area contributed by atoms with Crippen LogP contribution < -0.4 is 5.32 Å². The molecule has 0 fully saturated rings. The minimum Gasteiger partial charge on any atom is -0.319 e. The third-order valence-corrected chi connectivity index (χ3v) is 2.69. The van der Waals surface area contributed by atoms with E-state index in [1.807, 2.05) is 13.0 Å². The summed E-state index contributed by atoms with van der Waals surface area (Å²) in [5.41, 5.74) is 2.14. The highest BCUT2D eigenvalue weighted by Crippen LogP contribution is 2.13. The molecule has 0 aliphatic carbocycles. The van der Waals surface area contributed by atoms with Crippen LogP contribution in [0.5, 0.6) is 0 Å². The molecule has 2 rings (SSSR count). The van der Waals surface area contributed by atoms with Crippen molar-refractivity contribution in [3.05, 3.63) is 52.6 Å². The summed E-state index contributed by atoms with van der Waals surface area (Å²) >= 11 is 5.55. The molecule has 0 unspecified atom stereocenters. The average molecular weight is 273 g/mol. The Hall–Kier alpha value is -2.45. The van der Waals surface area contributed by atoms with Gasteiger partial charge in [0.15, 0.2) is 0 Å². The first-order chi connectivity index (χ1) is 9.10.